The Kier molecular flexibility index (Phi) is 6.03. The molecule has 2 heterocycles. The van der Waals surface area contributed by atoms with Crippen molar-refractivity contribution in [3.63, 3.8) is 0 Å². The first-order chi connectivity index (χ1) is 12.9. The van der Waals surface area contributed by atoms with Crippen molar-refractivity contribution in [1.29, 1.82) is 0 Å². The topological polar surface area (TPSA) is 87.5 Å². The average Bonchev–Trinajstić information content (AvgIpc) is 2.93. The number of hydrogen-bond acceptors (Lipinski definition) is 4. The van der Waals surface area contributed by atoms with E-state index in [9.17, 15) is 13.2 Å². The van der Waals surface area contributed by atoms with Gasteiger partial charge in [0.1, 0.15) is 4.90 Å². The zero-order valence-electron chi connectivity index (χ0n) is 15.0. The second-order valence-corrected chi connectivity index (χ2v) is 8.75. The summed E-state index contributed by atoms with van der Waals surface area (Å²) in [4.78, 5) is 14.2. The Hall–Kier alpha value is -2.10. The number of carbonyl (C=O) groups excluding carboxylic acids is 1. The molecule has 1 aromatic heterocycles. The number of sulfonamides is 1. The van der Waals surface area contributed by atoms with Gasteiger partial charge in [-0.2, -0.15) is 9.40 Å². The first-order valence-corrected chi connectivity index (χ1v) is 10.4. The minimum Gasteiger partial charge on any atom is -0.334 e. The lowest BCUT2D eigenvalue weighted by atomic mass is 10.2. The summed E-state index contributed by atoms with van der Waals surface area (Å²) in [6.45, 7) is 1.87. The van der Waals surface area contributed by atoms with E-state index in [2.05, 4.69) is 10.4 Å². The maximum Gasteiger partial charge on any atom is 0.317 e. The molecular weight excluding hydrogens is 390 g/mol. The number of nitrogens with zero attached hydrogens (tertiary/aromatic N) is 4. The predicted molar refractivity (Wildman–Crippen MR) is 102 cm³/mol. The van der Waals surface area contributed by atoms with Crippen LogP contribution in [-0.4, -0.2) is 59.6 Å². The Morgan fingerprint density at radius 1 is 1.19 bits per heavy atom. The van der Waals surface area contributed by atoms with Crippen LogP contribution in [0.1, 0.15) is 12.0 Å². The number of hydrogen-bond donors (Lipinski definition) is 1. The molecule has 1 N–H and O–H groups in total. The molecule has 1 fully saturated rings. The highest BCUT2D eigenvalue weighted by molar-refractivity contribution is 7.89. The molecule has 2 aromatic rings. The zero-order valence-corrected chi connectivity index (χ0v) is 16.6. The van der Waals surface area contributed by atoms with E-state index in [-0.39, 0.29) is 17.5 Å². The lowest BCUT2D eigenvalue weighted by molar-refractivity contribution is 0.200. The van der Waals surface area contributed by atoms with Crippen molar-refractivity contribution in [2.45, 2.75) is 17.9 Å². The second kappa shape index (κ2) is 8.28. The van der Waals surface area contributed by atoms with Gasteiger partial charge in [-0.3, -0.25) is 4.68 Å². The second-order valence-electron chi connectivity index (χ2n) is 6.38. The summed E-state index contributed by atoms with van der Waals surface area (Å²) < 4.78 is 28.3. The number of rotatable bonds is 4. The fourth-order valence-electron chi connectivity index (χ4n) is 2.91. The van der Waals surface area contributed by atoms with Crippen LogP contribution in [0, 0.1) is 0 Å². The number of aromatic nitrogens is 2. The Morgan fingerprint density at radius 3 is 2.59 bits per heavy atom. The highest BCUT2D eigenvalue weighted by atomic mass is 35.5. The van der Waals surface area contributed by atoms with Crippen LogP contribution in [0.15, 0.2) is 41.6 Å². The minimum atomic E-state index is -3.59. The first kappa shape index (κ1) is 19.7. The number of urea groups is 1. The van der Waals surface area contributed by atoms with Gasteiger partial charge in [-0.15, -0.1) is 0 Å². The van der Waals surface area contributed by atoms with Gasteiger partial charge in [-0.25, -0.2) is 13.2 Å². The summed E-state index contributed by atoms with van der Waals surface area (Å²) in [6, 6.07) is 7.05. The van der Waals surface area contributed by atoms with E-state index < -0.39 is 10.0 Å². The number of benzene rings is 1. The molecule has 1 aliphatic heterocycles. The molecule has 0 saturated carbocycles. The van der Waals surface area contributed by atoms with Crippen LogP contribution < -0.4 is 5.32 Å². The van der Waals surface area contributed by atoms with Crippen molar-refractivity contribution >= 4 is 27.7 Å². The summed E-state index contributed by atoms with van der Waals surface area (Å²) >= 11 is 5.86. The number of halogens is 1. The molecule has 0 aliphatic carbocycles. The molecule has 0 atom stereocenters. The normalized spacial score (nSPS) is 16.1. The molecule has 10 heteroatoms. The SMILES string of the molecule is Cn1cc(S(=O)(=O)N2CCCN(C(=O)NCc3ccc(Cl)cc3)CC2)cn1. The predicted octanol–water partition coefficient (Wildman–Crippen LogP) is 1.68. The van der Waals surface area contributed by atoms with Crippen LogP contribution in [0.3, 0.4) is 0 Å². The summed E-state index contributed by atoms with van der Waals surface area (Å²) in [6.07, 6.45) is 3.40. The van der Waals surface area contributed by atoms with Crippen molar-refractivity contribution in [3.05, 3.63) is 47.2 Å². The van der Waals surface area contributed by atoms with Crippen LogP contribution in [0.5, 0.6) is 0 Å². The molecule has 3 rings (SSSR count). The third-order valence-corrected chi connectivity index (χ3v) is 6.52. The first-order valence-electron chi connectivity index (χ1n) is 8.62. The van der Waals surface area contributed by atoms with Crippen LogP contribution in [0.4, 0.5) is 4.79 Å². The van der Waals surface area contributed by atoms with E-state index in [1.807, 2.05) is 12.1 Å². The van der Waals surface area contributed by atoms with Gasteiger partial charge >= 0.3 is 6.03 Å². The highest BCUT2D eigenvalue weighted by Gasteiger charge is 2.29. The Bertz CT molecular complexity index is 898. The van der Waals surface area contributed by atoms with Gasteiger partial charge in [0, 0.05) is 51.0 Å². The lowest BCUT2D eigenvalue weighted by Crippen LogP contribution is -2.42. The molecule has 27 heavy (non-hydrogen) atoms. The van der Waals surface area contributed by atoms with Crippen LogP contribution in [0.25, 0.3) is 0 Å². The van der Waals surface area contributed by atoms with E-state index in [0.29, 0.717) is 37.6 Å². The highest BCUT2D eigenvalue weighted by Crippen LogP contribution is 2.17. The largest absolute Gasteiger partial charge is 0.334 e. The van der Waals surface area contributed by atoms with Gasteiger partial charge in [0.05, 0.1) is 6.20 Å². The fourth-order valence-corrected chi connectivity index (χ4v) is 4.49. The number of aryl methyl sites for hydroxylation is 1. The third-order valence-electron chi connectivity index (χ3n) is 4.42. The number of nitrogens with one attached hydrogen (secondary N) is 1. The molecule has 0 unspecified atom stereocenters. The third kappa shape index (κ3) is 4.79. The molecule has 1 aliphatic rings. The standard InChI is InChI=1S/C17H22ClN5O3S/c1-21-13-16(12-20-21)27(25,26)23-8-2-7-22(9-10-23)17(24)19-11-14-3-5-15(18)6-4-14/h3-6,12-13H,2,7-11H2,1H3,(H,19,24). The van der Waals surface area contributed by atoms with Crippen molar-refractivity contribution in [2.24, 2.45) is 7.05 Å². The molecule has 146 valence electrons. The van der Waals surface area contributed by atoms with Crippen molar-refractivity contribution in [3.8, 4) is 0 Å². The van der Waals surface area contributed by atoms with Gasteiger partial charge < -0.3 is 10.2 Å². The summed E-state index contributed by atoms with van der Waals surface area (Å²) in [5.41, 5.74) is 0.948. The summed E-state index contributed by atoms with van der Waals surface area (Å²) in [7, 11) is -1.92. The van der Waals surface area contributed by atoms with Gasteiger partial charge in [-0.05, 0) is 24.1 Å². The van der Waals surface area contributed by atoms with Gasteiger partial charge in [0.15, 0.2) is 0 Å². The smallest absolute Gasteiger partial charge is 0.317 e. The zero-order chi connectivity index (χ0) is 19.4. The Labute approximate surface area is 163 Å². The molecule has 0 radical (unpaired) electrons. The molecule has 1 saturated heterocycles. The van der Waals surface area contributed by atoms with Crippen molar-refractivity contribution in [1.82, 2.24) is 24.3 Å². The van der Waals surface area contributed by atoms with Crippen LogP contribution in [0.2, 0.25) is 5.02 Å². The van der Waals surface area contributed by atoms with E-state index in [1.54, 1.807) is 24.1 Å². The van der Waals surface area contributed by atoms with E-state index in [1.165, 1.54) is 21.4 Å². The van der Waals surface area contributed by atoms with E-state index in [4.69, 9.17) is 11.6 Å². The van der Waals surface area contributed by atoms with Gasteiger partial charge in [0.25, 0.3) is 0 Å². The van der Waals surface area contributed by atoms with Gasteiger partial charge in [-0.1, -0.05) is 23.7 Å². The molecule has 1 aromatic carbocycles. The molecule has 0 bridgehead atoms. The van der Waals surface area contributed by atoms with Crippen LogP contribution in [-0.2, 0) is 23.6 Å². The quantitative estimate of drug-likeness (QED) is 0.829. The lowest BCUT2D eigenvalue weighted by Gasteiger charge is -2.22. The molecule has 8 nitrogen and oxygen atoms in total. The summed E-state index contributed by atoms with van der Waals surface area (Å²) in [5, 5.41) is 7.44. The number of carbonyl (C=O) groups is 1. The monoisotopic (exact) mass is 411 g/mol. The molecular formula is C17H22ClN5O3S. The van der Waals surface area contributed by atoms with E-state index >= 15 is 0 Å². The van der Waals surface area contributed by atoms with E-state index in [0.717, 1.165) is 5.56 Å². The maximum absolute atomic E-state index is 12.7. The number of amides is 2. The maximum atomic E-state index is 12.7. The average molecular weight is 412 g/mol. The Balaban J connectivity index is 1.57. The molecule has 0 spiro atoms. The van der Waals surface area contributed by atoms with Crippen molar-refractivity contribution < 1.29 is 13.2 Å². The Morgan fingerprint density at radius 2 is 1.93 bits per heavy atom. The minimum absolute atomic E-state index is 0.172. The van der Waals surface area contributed by atoms with Crippen molar-refractivity contribution in [2.75, 3.05) is 26.2 Å². The fraction of sp³-hybridized carbons (Fsp3) is 0.412. The van der Waals surface area contributed by atoms with Crippen LogP contribution >= 0.6 is 11.6 Å². The summed E-state index contributed by atoms with van der Waals surface area (Å²) in [5.74, 6) is 0. The van der Waals surface area contributed by atoms with Gasteiger partial charge in [0.2, 0.25) is 10.0 Å². The molecule has 2 amide bonds.